The normalized spacial score (nSPS) is 10.5. The molecule has 1 aromatic carbocycles. The summed E-state index contributed by atoms with van der Waals surface area (Å²) in [6, 6.07) is 3.14. The average molecular weight is 338 g/mol. The van der Waals surface area contributed by atoms with Gasteiger partial charge in [0.2, 0.25) is 5.91 Å². The predicted octanol–water partition coefficient (Wildman–Crippen LogP) is 2.23. The molecule has 6 nitrogen and oxygen atoms in total. The lowest BCUT2D eigenvalue weighted by Crippen LogP contribution is -2.26. The second-order valence-corrected chi connectivity index (χ2v) is 4.92. The first-order valence-electron chi connectivity index (χ1n) is 7.23. The number of nitrogens with one attached hydrogen (secondary N) is 1. The Bertz CT molecular complexity index is 731. The van der Waals surface area contributed by atoms with Crippen LogP contribution in [-0.4, -0.2) is 30.5 Å². The number of hydrogen-bond donors (Lipinski definition) is 1. The van der Waals surface area contributed by atoms with Crippen LogP contribution in [0.2, 0.25) is 0 Å². The van der Waals surface area contributed by atoms with Crippen LogP contribution in [0.5, 0.6) is 0 Å². The molecule has 128 valence electrons. The van der Waals surface area contributed by atoms with Gasteiger partial charge in [0.05, 0.1) is 25.3 Å². The highest BCUT2D eigenvalue weighted by atomic mass is 19.1. The standard InChI is InChI=1S/C16H16F2N2O4/c1-23-16(22)6-7-19-14(21)4-5-15-20-9-13(24-15)11-3-2-10(17)8-12(11)18/h2-3,8-9H,4-7H2,1H3,(H,19,21). The molecule has 1 heterocycles. The maximum absolute atomic E-state index is 13.7. The third-order valence-electron chi connectivity index (χ3n) is 3.20. The molecule has 0 aliphatic carbocycles. The second-order valence-electron chi connectivity index (χ2n) is 4.92. The number of oxazole rings is 1. The van der Waals surface area contributed by atoms with Gasteiger partial charge in [0.25, 0.3) is 0 Å². The van der Waals surface area contributed by atoms with E-state index in [-0.39, 0.29) is 48.9 Å². The second kappa shape index (κ2) is 8.19. The number of nitrogens with zero attached hydrogens (tertiary/aromatic N) is 1. The molecule has 1 amide bonds. The van der Waals surface area contributed by atoms with Gasteiger partial charge < -0.3 is 14.5 Å². The SMILES string of the molecule is COC(=O)CCNC(=O)CCc1ncc(-c2ccc(F)cc2F)o1. The van der Waals surface area contributed by atoms with Crippen LogP contribution in [0.25, 0.3) is 11.3 Å². The van der Waals surface area contributed by atoms with E-state index in [4.69, 9.17) is 4.42 Å². The molecule has 2 rings (SSSR count). The van der Waals surface area contributed by atoms with E-state index in [0.717, 1.165) is 12.1 Å². The fourth-order valence-corrected chi connectivity index (χ4v) is 1.95. The lowest BCUT2D eigenvalue weighted by Gasteiger charge is -2.03. The minimum atomic E-state index is -0.752. The maximum Gasteiger partial charge on any atom is 0.307 e. The smallest absolute Gasteiger partial charge is 0.307 e. The molecular weight excluding hydrogens is 322 g/mol. The third-order valence-corrected chi connectivity index (χ3v) is 3.20. The van der Waals surface area contributed by atoms with Crippen LogP contribution >= 0.6 is 0 Å². The summed E-state index contributed by atoms with van der Waals surface area (Å²) in [5.74, 6) is -1.69. The van der Waals surface area contributed by atoms with Crippen LogP contribution in [0.4, 0.5) is 8.78 Å². The van der Waals surface area contributed by atoms with Crippen molar-refractivity contribution in [1.29, 1.82) is 0 Å². The van der Waals surface area contributed by atoms with Crippen molar-refractivity contribution in [3.05, 3.63) is 41.9 Å². The van der Waals surface area contributed by atoms with Crippen LogP contribution < -0.4 is 5.32 Å². The van der Waals surface area contributed by atoms with Crippen molar-refractivity contribution in [2.75, 3.05) is 13.7 Å². The van der Waals surface area contributed by atoms with Gasteiger partial charge >= 0.3 is 5.97 Å². The number of esters is 1. The largest absolute Gasteiger partial charge is 0.469 e. The van der Waals surface area contributed by atoms with Gasteiger partial charge in [-0.3, -0.25) is 9.59 Å². The van der Waals surface area contributed by atoms with Crippen molar-refractivity contribution >= 4 is 11.9 Å². The van der Waals surface area contributed by atoms with Crippen molar-refractivity contribution in [3.63, 3.8) is 0 Å². The summed E-state index contributed by atoms with van der Waals surface area (Å²) in [5, 5.41) is 2.56. The quantitative estimate of drug-likeness (QED) is 0.783. The van der Waals surface area contributed by atoms with E-state index in [9.17, 15) is 18.4 Å². The first-order chi connectivity index (χ1) is 11.5. The summed E-state index contributed by atoms with van der Waals surface area (Å²) in [6.45, 7) is 0.184. The molecule has 0 aliphatic rings. The number of halogens is 2. The first kappa shape index (κ1) is 17.6. The molecule has 0 radical (unpaired) electrons. The maximum atomic E-state index is 13.7. The number of hydrogen-bond acceptors (Lipinski definition) is 5. The van der Waals surface area contributed by atoms with Crippen molar-refractivity contribution in [2.24, 2.45) is 0 Å². The Morgan fingerprint density at radius 3 is 2.79 bits per heavy atom. The molecular formula is C16H16F2N2O4. The number of methoxy groups -OCH3 is 1. The Morgan fingerprint density at radius 2 is 2.08 bits per heavy atom. The van der Waals surface area contributed by atoms with E-state index < -0.39 is 17.6 Å². The Hall–Kier alpha value is -2.77. The van der Waals surface area contributed by atoms with E-state index in [2.05, 4.69) is 15.0 Å². The minimum Gasteiger partial charge on any atom is -0.469 e. The van der Waals surface area contributed by atoms with Gasteiger partial charge in [-0.1, -0.05) is 0 Å². The van der Waals surface area contributed by atoms with E-state index in [1.807, 2.05) is 0 Å². The fraction of sp³-hybridized carbons (Fsp3) is 0.312. The zero-order chi connectivity index (χ0) is 17.5. The van der Waals surface area contributed by atoms with E-state index >= 15 is 0 Å². The summed E-state index contributed by atoms with van der Waals surface area (Å²) in [4.78, 5) is 26.5. The summed E-state index contributed by atoms with van der Waals surface area (Å²) in [7, 11) is 1.27. The fourth-order valence-electron chi connectivity index (χ4n) is 1.95. The molecule has 2 aromatic rings. The molecule has 8 heteroatoms. The topological polar surface area (TPSA) is 81.4 Å². The van der Waals surface area contributed by atoms with Crippen LogP contribution in [0.15, 0.2) is 28.8 Å². The molecule has 0 bridgehead atoms. The lowest BCUT2D eigenvalue weighted by atomic mass is 10.2. The molecule has 0 fully saturated rings. The predicted molar refractivity (Wildman–Crippen MR) is 79.8 cm³/mol. The summed E-state index contributed by atoms with van der Waals surface area (Å²) in [6.07, 6.45) is 1.73. The first-order valence-corrected chi connectivity index (χ1v) is 7.23. The number of rotatable bonds is 7. The number of benzene rings is 1. The summed E-state index contributed by atoms with van der Waals surface area (Å²) < 4.78 is 36.4. The highest BCUT2D eigenvalue weighted by Crippen LogP contribution is 2.24. The van der Waals surface area contributed by atoms with E-state index in [1.54, 1.807) is 0 Å². The van der Waals surface area contributed by atoms with Gasteiger partial charge in [0.15, 0.2) is 11.7 Å². The summed E-state index contributed by atoms with van der Waals surface area (Å²) >= 11 is 0. The monoisotopic (exact) mass is 338 g/mol. The van der Waals surface area contributed by atoms with Crippen LogP contribution in [0.1, 0.15) is 18.7 Å². The molecule has 1 N–H and O–H groups in total. The number of amides is 1. The Morgan fingerprint density at radius 1 is 1.29 bits per heavy atom. The molecule has 0 aliphatic heterocycles. The highest BCUT2D eigenvalue weighted by Gasteiger charge is 2.13. The third kappa shape index (κ3) is 4.87. The lowest BCUT2D eigenvalue weighted by molar-refractivity contribution is -0.140. The van der Waals surface area contributed by atoms with Crippen molar-refractivity contribution < 1.29 is 27.5 Å². The molecule has 0 atom stereocenters. The van der Waals surface area contributed by atoms with Crippen LogP contribution in [0, 0.1) is 11.6 Å². The molecule has 24 heavy (non-hydrogen) atoms. The molecule has 0 unspecified atom stereocenters. The van der Waals surface area contributed by atoms with Gasteiger partial charge in [0, 0.05) is 25.5 Å². The summed E-state index contributed by atoms with van der Waals surface area (Å²) in [5.41, 5.74) is 0.0951. The number of aromatic nitrogens is 1. The number of carbonyl (C=O) groups excluding carboxylic acids is 2. The van der Waals surface area contributed by atoms with Gasteiger partial charge in [0.1, 0.15) is 11.6 Å². The average Bonchev–Trinajstić information content (AvgIpc) is 3.01. The number of aryl methyl sites for hydroxylation is 1. The molecule has 1 aromatic heterocycles. The van der Waals surface area contributed by atoms with Crippen LogP contribution in [0.3, 0.4) is 0 Å². The highest BCUT2D eigenvalue weighted by molar-refractivity contribution is 5.77. The van der Waals surface area contributed by atoms with Crippen molar-refractivity contribution in [2.45, 2.75) is 19.3 Å². The van der Waals surface area contributed by atoms with Crippen molar-refractivity contribution in [1.82, 2.24) is 10.3 Å². The molecule has 0 spiro atoms. The Balaban J connectivity index is 1.85. The Labute approximate surface area is 136 Å². The van der Waals surface area contributed by atoms with Gasteiger partial charge in [-0.15, -0.1) is 0 Å². The zero-order valence-corrected chi connectivity index (χ0v) is 13.0. The van der Waals surface area contributed by atoms with E-state index in [1.165, 1.54) is 19.4 Å². The van der Waals surface area contributed by atoms with Gasteiger partial charge in [-0.25, -0.2) is 13.8 Å². The molecule has 0 saturated carbocycles. The molecule has 0 saturated heterocycles. The van der Waals surface area contributed by atoms with Crippen molar-refractivity contribution in [3.8, 4) is 11.3 Å². The zero-order valence-electron chi connectivity index (χ0n) is 13.0. The Kier molecular flexibility index (Phi) is 6.00. The number of carbonyl (C=O) groups is 2. The van der Waals surface area contributed by atoms with Gasteiger partial charge in [-0.2, -0.15) is 0 Å². The number of ether oxygens (including phenoxy) is 1. The van der Waals surface area contributed by atoms with E-state index in [0.29, 0.717) is 0 Å². The van der Waals surface area contributed by atoms with Crippen LogP contribution in [-0.2, 0) is 20.7 Å². The minimum absolute atomic E-state index is 0.0925. The van der Waals surface area contributed by atoms with Gasteiger partial charge in [-0.05, 0) is 12.1 Å².